The minimum atomic E-state index is -1.95. The van der Waals surface area contributed by atoms with Crippen LogP contribution in [0.25, 0.3) is 0 Å². The topological polar surface area (TPSA) is 70.3 Å². The molecule has 0 amide bonds. The Bertz CT molecular complexity index is 579. The van der Waals surface area contributed by atoms with Crippen molar-refractivity contribution in [2.45, 2.75) is 39.5 Å². The van der Waals surface area contributed by atoms with E-state index in [1.54, 1.807) is 0 Å². The molecule has 0 bridgehead atoms. The van der Waals surface area contributed by atoms with Crippen LogP contribution >= 0.6 is 11.6 Å². The molecule has 0 saturated heterocycles. The maximum absolute atomic E-state index is 11.3. The van der Waals surface area contributed by atoms with Crippen LogP contribution in [-0.4, -0.2) is 11.5 Å². The van der Waals surface area contributed by atoms with Crippen LogP contribution in [0.1, 0.15) is 39.5 Å². The number of nitrogens with one attached hydrogen (secondary N) is 1. The predicted molar refractivity (Wildman–Crippen MR) is 78.1 cm³/mol. The van der Waals surface area contributed by atoms with Gasteiger partial charge in [0.05, 0.1) is 0 Å². The molecule has 0 aliphatic rings. The summed E-state index contributed by atoms with van der Waals surface area (Å²) >= 11 is 5.68. The van der Waals surface area contributed by atoms with Gasteiger partial charge in [0.2, 0.25) is 5.43 Å². The van der Waals surface area contributed by atoms with Gasteiger partial charge in [0.25, 0.3) is 5.43 Å². The molecule has 1 N–H and O–H groups in total. The molecule has 4 nitrogen and oxygen atoms in total. The molecule has 0 radical (unpaired) electrons. The minimum absolute atomic E-state index is 0.0406. The molecule has 1 aromatic rings. The summed E-state index contributed by atoms with van der Waals surface area (Å²) in [5.41, 5.74) is -1.25. The fourth-order valence-electron chi connectivity index (χ4n) is 1.57. The second kappa shape index (κ2) is 6.48. The Morgan fingerprint density at radius 2 is 1.61 bits per heavy atom. The molecule has 0 saturated carbocycles. The van der Waals surface area contributed by atoms with Crippen molar-refractivity contribution in [3.8, 4) is 0 Å². The summed E-state index contributed by atoms with van der Waals surface area (Å²) in [5, 5.41) is -0.0860. The number of hydrogen-bond donors (Lipinski definition) is 1. The van der Waals surface area contributed by atoms with E-state index in [2.05, 4.69) is 18.2 Å². The Balaban J connectivity index is 3.07. The highest BCUT2D eigenvalue weighted by atomic mass is 35.5. The summed E-state index contributed by atoms with van der Waals surface area (Å²) < 4.78 is 12.6. The first kappa shape index (κ1) is 15.4. The third-order valence-electron chi connectivity index (χ3n) is 2.77. The van der Waals surface area contributed by atoms with Crippen LogP contribution in [0.15, 0.2) is 14.0 Å². The van der Waals surface area contributed by atoms with E-state index in [0.29, 0.717) is 11.5 Å². The molecule has 0 spiro atoms. The van der Waals surface area contributed by atoms with E-state index in [4.69, 9.17) is 16.4 Å². The molecule has 0 aromatic heterocycles. The van der Waals surface area contributed by atoms with Crippen molar-refractivity contribution in [3.05, 3.63) is 25.5 Å². The van der Waals surface area contributed by atoms with Gasteiger partial charge in [0.1, 0.15) is 10.7 Å². The molecule has 0 atom stereocenters. The van der Waals surface area contributed by atoms with Gasteiger partial charge in [-0.05, 0) is 12.8 Å². The predicted octanol–water partition coefficient (Wildman–Crippen LogP) is 3.27. The first-order valence-corrected chi connectivity index (χ1v) is 8.51. The zero-order valence-corrected chi connectivity index (χ0v) is 12.4. The van der Waals surface area contributed by atoms with Gasteiger partial charge in [0, 0.05) is 11.5 Å². The van der Waals surface area contributed by atoms with Gasteiger partial charge in [-0.2, -0.15) is 0 Å². The summed E-state index contributed by atoms with van der Waals surface area (Å²) in [5.74, 6) is 1.36. The molecule has 0 aliphatic carbocycles. The van der Waals surface area contributed by atoms with Crippen molar-refractivity contribution >= 4 is 26.9 Å². The van der Waals surface area contributed by atoms with Crippen LogP contribution in [0.4, 0.5) is 5.69 Å². The summed E-state index contributed by atoms with van der Waals surface area (Å²) in [7, 11) is -1.95. The van der Waals surface area contributed by atoms with Crippen LogP contribution in [0, 0.1) is 4.78 Å². The van der Waals surface area contributed by atoms with Crippen molar-refractivity contribution in [1.82, 2.24) is 0 Å². The average Bonchev–Trinajstić information content (AvgIpc) is 2.39. The molecule has 0 heterocycles. The average molecular weight is 291 g/mol. The van der Waals surface area contributed by atoms with Gasteiger partial charge < -0.3 is 0 Å². The zero-order valence-electron chi connectivity index (χ0n) is 10.8. The smallest absolute Gasteiger partial charge is 0.255 e. The number of halogens is 1. The highest BCUT2D eigenvalue weighted by Gasteiger charge is 2.20. The Morgan fingerprint density at radius 1 is 1.11 bits per heavy atom. The lowest BCUT2D eigenvalue weighted by Crippen LogP contribution is -2.31. The monoisotopic (exact) mass is 290 g/mol. The van der Waals surface area contributed by atoms with E-state index >= 15 is 0 Å². The van der Waals surface area contributed by atoms with Gasteiger partial charge >= 0.3 is 0 Å². The second-order valence-corrected chi connectivity index (χ2v) is 7.43. The van der Waals surface area contributed by atoms with Crippen LogP contribution < -0.4 is 10.9 Å². The van der Waals surface area contributed by atoms with Crippen LogP contribution in [0.2, 0.25) is 5.02 Å². The van der Waals surface area contributed by atoms with E-state index in [1.807, 2.05) is 0 Å². The number of unbranched alkanes of at least 4 members (excludes halogenated alkanes) is 2. The molecule has 102 valence electrons. The molecule has 1 rings (SSSR count). The third-order valence-corrected chi connectivity index (χ3v) is 5.58. The number of hydrogen-bond acceptors (Lipinski definition) is 4. The molecule has 6 heteroatoms. The Morgan fingerprint density at radius 3 is 2.00 bits per heavy atom. The minimum Gasteiger partial charge on any atom is -0.284 e. The standard InChI is InChI=1S/C12H19ClN2O2S/c1-3-5-7-18(14,8-6-4-2)15-10-9(13)11(16)12(10)17/h14H,3-8H2,1-2H3. The first-order valence-electron chi connectivity index (χ1n) is 6.20. The lowest BCUT2D eigenvalue weighted by atomic mass is 10.3. The fraction of sp³-hybridized carbons (Fsp3) is 0.667. The zero-order chi connectivity index (χ0) is 13.8. The van der Waals surface area contributed by atoms with Gasteiger partial charge in [-0.3, -0.25) is 14.4 Å². The number of nitrogens with zero attached hydrogens (tertiary/aromatic N) is 1. The second-order valence-electron chi connectivity index (χ2n) is 4.37. The van der Waals surface area contributed by atoms with Crippen LogP contribution in [0.5, 0.6) is 0 Å². The van der Waals surface area contributed by atoms with E-state index in [0.717, 1.165) is 25.7 Å². The van der Waals surface area contributed by atoms with E-state index in [9.17, 15) is 9.59 Å². The Hall–Kier alpha value is -0.680. The lowest BCUT2D eigenvalue weighted by Gasteiger charge is -2.13. The van der Waals surface area contributed by atoms with Gasteiger partial charge in [-0.1, -0.05) is 47.9 Å². The van der Waals surface area contributed by atoms with Crippen LogP contribution in [0.3, 0.4) is 0 Å². The highest BCUT2D eigenvalue weighted by molar-refractivity contribution is 7.94. The normalized spacial score (nSPS) is 11.9. The quantitative estimate of drug-likeness (QED) is 0.783. The van der Waals surface area contributed by atoms with Crippen molar-refractivity contribution in [3.63, 3.8) is 0 Å². The van der Waals surface area contributed by atoms with Gasteiger partial charge in [-0.15, -0.1) is 0 Å². The molecule has 0 unspecified atom stereocenters. The van der Waals surface area contributed by atoms with Crippen molar-refractivity contribution in [2.24, 2.45) is 4.36 Å². The van der Waals surface area contributed by atoms with Crippen molar-refractivity contribution in [1.29, 1.82) is 4.78 Å². The Labute approximate surface area is 113 Å². The lowest BCUT2D eigenvalue weighted by molar-refractivity contribution is 0.869. The maximum atomic E-state index is 11.3. The Kier molecular flexibility index (Phi) is 5.53. The van der Waals surface area contributed by atoms with Gasteiger partial charge in [0.15, 0.2) is 0 Å². The fourth-order valence-corrected chi connectivity index (χ4v) is 4.27. The number of rotatable bonds is 7. The summed E-state index contributed by atoms with van der Waals surface area (Å²) in [4.78, 5) is 22.4. The summed E-state index contributed by atoms with van der Waals surface area (Å²) in [6, 6.07) is 0. The van der Waals surface area contributed by atoms with Crippen molar-refractivity contribution < 1.29 is 0 Å². The van der Waals surface area contributed by atoms with Gasteiger partial charge in [-0.25, -0.2) is 4.36 Å². The molecule has 0 fully saturated rings. The van der Waals surface area contributed by atoms with Crippen LogP contribution in [-0.2, 0) is 9.62 Å². The maximum Gasteiger partial charge on any atom is 0.255 e. The van der Waals surface area contributed by atoms with E-state index < -0.39 is 20.5 Å². The molecular formula is C12H19ClN2O2S. The summed E-state index contributed by atoms with van der Waals surface area (Å²) in [6.07, 6.45) is 3.82. The molecular weight excluding hydrogens is 272 g/mol. The van der Waals surface area contributed by atoms with E-state index in [1.165, 1.54) is 0 Å². The molecule has 1 aromatic carbocycles. The largest absolute Gasteiger partial charge is 0.284 e. The highest BCUT2D eigenvalue weighted by Crippen LogP contribution is 2.22. The summed E-state index contributed by atoms with van der Waals surface area (Å²) in [6.45, 7) is 4.12. The van der Waals surface area contributed by atoms with E-state index in [-0.39, 0.29) is 10.7 Å². The third kappa shape index (κ3) is 3.42. The molecule has 18 heavy (non-hydrogen) atoms. The SMILES string of the molecule is CCCCS(=N)(CCCC)=Nc1c(Cl)c(=O)c1=O. The van der Waals surface area contributed by atoms with Crippen molar-refractivity contribution in [2.75, 3.05) is 11.5 Å². The first-order chi connectivity index (χ1) is 8.45. The molecule has 0 aliphatic heterocycles.